The van der Waals surface area contributed by atoms with Gasteiger partial charge in [-0.3, -0.25) is 4.79 Å². The van der Waals surface area contributed by atoms with Crippen LogP contribution in [0, 0.1) is 12.7 Å². The van der Waals surface area contributed by atoms with Crippen LogP contribution in [0.2, 0.25) is 0 Å². The molecular formula is C33H46FN2O2S+. The van der Waals surface area contributed by atoms with Gasteiger partial charge < -0.3 is 10.1 Å². The first-order chi connectivity index (χ1) is 19.1. The van der Waals surface area contributed by atoms with Crippen molar-refractivity contribution >= 4 is 22.9 Å². The van der Waals surface area contributed by atoms with E-state index in [1.54, 1.807) is 23.5 Å². The quantitative estimate of drug-likeness (QED) is 0.119. The minimum Gasteiger partial charge on any atom is -0.490 e. The molecule has 0 aliphatic heterocycles. The molecule has 0 saturated carbocycles. The summed E-state index contributed by atoms with van der Waals surface area (Å²) < 4.78 is 22.6. The van der Waals surface area contributed by atoms with Crippen LogP contribution in [0.4, 0.5) is 10.1 Å². The molecule has 1 amide bonds. The van der Waals surface area contributed by atoms with E-state index >= 15 is 0 Å². The van der Waals surface area contributed by atoms with Crippen molar-refractivity contribution in [2.24, 2.45) is 0 Å². The van der Waals surface area contributed by atoms with Crippen LogP contribution < -0.4 is 14.6 Å². The fourth-order valence-electron chi connectivity index (χ4n) is 4.84. The molecule has 2 aromatic carbocycles. The first kappa shape index (κ1) is 30.8. The van der Waals surface area contributed by atoms with Gasteiger partial charge in [0.05, 0.1) is 23.6 Å². The molecule has 3 aromatic rings. The van der Waals surface area contributed by atoms with Crippen molar-refractivity contribution in [2.75, 3.05) is 11.9 Å². The predicted octanol–water partition coefficient (Wildman–Crippen LogP) is 8.79. The number of rotatable bonds is 19. The zero-order valence-electron chi connectivity index (χ0n) is 23.9. The standard InChI is InChI=1S/C33H45FN2O2S/c1-3-4-5-6-7-8-9-10-11-12-13-16-22-38-33-28(19-17-20-30(33)34)23-32(37)35-31-21-15-14-18-29(31)25-36-24-27(2)39-26-36/h14-15,17-21,24,26H,3-13,16,22-23,25H2,1-2H3/p+1. The Bertz CT molecular complexity index is 1130. The molecule has 0 bridgehead atoms. The number of ether oxygens (including phenoxy) is 1. The molecule has 4 nitrogen and oxygen atoms in total. The second-order valence-electron chi connectivity index (χ2n) is 10.5. The zero-order chi connectivity index (χ0) is 27.7. The van der Waals surface area contributed by atoms with Gasteiger partial charge in [-0.2, -0.15) is 4.57 Å². The van der Waals surface area contributed by atoms with Crippen molar-refractivity contribution in [3.8, 4) is 5.75 Å². The molecule has 1 aromatic heterocycles. The Kier molecular flexibility index (Phi) is 14.0. The maximum absolute atomic E-state index is 14.6. The van der Waals surface area contributed by atoms with Gasteiger partial charge in [0.15, 0.2) is 24.3 Å². The number of hydrogen-bond donors (Lipinski definition) is 1. The predicted molar refractivity (Wildman–Crippen MR) is 160 cm³/mol. The number of carbonyl (C=O) groups excluding carboxylic acids is 1. The Morgan fingerprint density at radius 2 is 1.51 bits per heavy atom. The first-order valence-electron chi connectivity index (χ1n) is 14.8. The third kappa shape index (κ3) is 11.5. The molecular weight excluding hydrogens is 507 g/mol. The maximum atomic E-state index is 14.6. The highest BCUT2D eigenvalue weighted by molar-refractivity contribution is 7.09. The summed E-state index contributed by atoms with van der Waals surface area (Å²) in [7, 11) is 0. The minimum atomic E-state index is -0.413. The Labute approximate surface area is 238 Å². The van der Waals surface area contributed by atoms with E-state index in [1.165, 1.54) is 75.2 Å². The number of carbonyl (C=O) groups is 1. The van der Waals surface area contributed by atoms with Crippen LogP contribution in [-0.4, -0.2) is 12.5 Å². The number of nitrogens with zero attached hydrogens (tertiary/aromatic N) is 1. The minimum absolute atomic E-state index is 0.0601. The summed E-state index contributed by atoms with van der Waals surface area (Å²) in [4.78, 5) is 14.2. The van der Waals surface area contributed by atoms with Gasteiger partial charge in [-0.15, -0.1) is 0 Å². The van der Waals surface area contributed by atoms with Crippen molar-refractivity contribution in [3.05, 3.63) is 76.0 Å². The molecule has 1 N–H and O–H groups in total. The third-order valence-electron chi connectivity index (χ3n) is 7.01. The topological polar surface area (TPSA) is 42.2 Å². The van der Waals surface area contributed by atoms with Crippen LogP contribution in [0.25, 0.3) is 0 Å². The molecule has 6 heteroatoms. The number of amides is 1. The van der Waals surface area contributed by atoms with Crippen LogP contribution in [-0.2, 0) is 17.8 Å². The van der Waals surface area contributed by atoms with Gasteiger partial charge in [0.1, 0.15) is 0 Å². The van der Waals surface area contributed by atoms with Crippen LogP contribution >= 0.6 is 11.3 Å². The van der Waals surface area contributed by atoms with E-state index in [-0.39, 0.29) is 18.1 Å². The van der Waals surface area contributed by atoms with E-state index in [0.29, 0.717) is 18.7 Å². The molecule has 3 rings (SSSR count). The highest BCUT2D eigenvalue weighted by Crippen LogP contribution is 2.25. The van der Waals surface area contributed by atoms with Crippen LogP contribution in [0.1, 0.15) is 100.0 Å². The number of unbranched alkanes of at least 4 members (excludes halogenated alkanes) is 11. The van der Waals surface area contributed by atoms with Gasteiger partial charge in [0.25, 0.3) is 0 Å². The molecule has 0 aliphatic rings. The number of hydrogen-bond acceptors (Lipinski definition) is 3. The van der Waals surface area contributed by atoms with E-state index in [2.05, 4.69) is 35.4 Å². The SMILES string of the molecule is CCCCCCCCCCCCCCOc1c(F)cccc1CC(=O)Nc1ccccc1C[n+]1csc(C)c1. The van der Waals surface area contributed by atoms with E-state index in [9.17, 15) is 9.18 Å². The number of aryl methyl sites for hydroxylation is 1. The molecule has 0 radical (unpaired) electrons. The average Bonchev–Trinajstić information content (AvgIpc) is 3.33. The summed E-state index contributed by atoms with van der Waals surface area (Å²) in [5.74, 6) is -0.396. The number of benzene rings is 2. The fraction of sp³-hybridized carbons (Fsp3) is 0.515. The fourth-order valence-corrected chi connectivity index (χ4v) is 5.48. The lowest BCUT2D eigenvalue weighted by molar-refractivity contribution is -0.683. The van der Waals surface area contributed by atoms with Gasteiger partial charge >= 0.3 is 0 Å². The highest BCUT2D eigenvalue weighted by atomic mass is 32.1. The third-order valence-corrected chi connectivity index (χ3v) is 7.86. The Morgan fingerprint density at radius 3 is 2.18 bits per heavy atom. The van der Waals surface area contributed by atoms with Gasteiger partial charge in [-0.25, -0.2) is 4.39 Å². The molecule has 0 unspecified atom stereocenters. The molecule has 0 saturated heterocycles. The van der Waals surface area contributed by atoms with Crippen molar-refractivity contribution in [3.63, 3.8) is 0 Å². The van der Waals surface area contributed by atoms with E-state index in [4.69, 9.17) is 4.74 Å². The zero-order valence-corrected chi connectivity index (χ0v) is 24.7. The molecule has 0 fully saturated rings. The van der Waals surface area contributed by atoms with E-state index in [0.717, 1.165) is 24.1 Å². The van der Waals surface area contributed by atoms with Gasteiger partial charge in [0.2, 0.25) is 11.4 Å². The number of halogens is 1. The lowest BCUT2D eigenvalue weighted by atomic mass is 10.1. The molecule has 0 atom stereocenters. The van der Waals surface area contributed by atoms with Crippen molar-refractivity contribution < 1.29 is 18.5 Å². The monoisotopic (exact) mass is 553 g/mol. The number of thiazole rings is 1. The lowest BCUT2D eigenvalue weighted by Gasteiger charge is -2.13. The Hall–Kier alpha value is -2.73. The van der Waals surface area contributed by atoms with E-state index in [1.807, 2.05) is 24.3 Å². The van der Waals surface area contributed by atoms with Gasteiger partial charge in [-0.1, -0.05) is 119 Å². The highest BCUT2D eigenvalue weighted by Gasteiger charge is 2.16. The van der Waals surface area contributed by atoms with Gasteiger partial charge in [0, 0.05) is 11.1 Å². The van der Waals surface area contributed by atoms with Crippen molar-refractivity contribution in [1.29, 1.82) is 0 Å². The van der Waals surface area contributed by atoms with Crippen molar-refractivity contribution in [1.82, 2.24) is 0 Å². The normalized spacial score (nSPS) is 11.1. The summed E-state index contributed by atoms with van der Waals surface area (Å²) in [6.45, 7) is 5.47. The molecule has 0 spiro atoms. The molecule has 212 valence electrons. The number of nitrogens with one attached hydrogen (secondary N) is 1. The number of para-hydroxylation sites is 2. The molecule has 1 heterocycles. The lowest BCUT2D eigenvalue weighted by Crippen LogP contribution is -2.31. The summed E-state index contributed by atoms with van der Waals surface area (Å²) in [6, 6.07) is 12.6. The maximum Gasteiger partial charge on any atom is 0.228 e. The summed E-state index contributed by atoms with van der Waals surface area (Å²) in [6.07, 6.45) is 17.4. The molecule has 39 heavy (non-hydrogen) atoms. The average molecular weight is 554 g/mol. The van der Waals surface area contributed by atoms with Crippen LogP contribution in [0.15, 0.2) is 54.2 Å². The number of aromatic nitrogens is 1. The second kappa shape index (κ2) is 17.8. The Morgan fingerprint density at radius 1 is 0.872 bits per heavy atom. The summed E-state index contributed by atoms with van der Waals surface area (Å²) >= 11 is 1.69. The Balaban J connectivity index is 1.40. The second-order valence-corrected chi connectivity index (χ2v) is 11.6. The molecule has 0 aliphatic carbocycles. The van der Waals surface area contributed by atoms with Crippen molar-refractivity contribution in [2.45, 2.75) is 104 Å². The van der Waals surface area contributed by atoms with E-state index < -0.39 is 5.82 Å². The smallest absolute Gasteiger partial charge is 0.228 e. The largest absolute Gasteiger partial charge is 0.490 e. The van der Waals surface area contributed by atoms with Gasteiger partial charge in [-0.05, 0) is 25.5 Å². The van der Waals surface area contributed by atoms with Crippen LogP contribution in [0.5, 0.6) is 5.75 Å². The first-order valence-corrected chi connectivity index (χ1v) is 15.7. The summed E-state index contributed by atoms with van der Waals surface area (Å²) in [5, 5.41) is 3.02. The number of anilines is 1. The summed E-state index contributed by atoms with van der Waals surface area (Å²) in [5.41, 5.74) is 4.44. The van der Waals surface area contributed by atoms with Crippen LogP contribution in [0.3, 0.4) is 0 Å².